The van der Waals surface area contributed by atoms with E-state index in [9.17, 15) is 0 Å². The van der Waals surface area contributed by atoms with Crippen molar-refractivity contribution in [3.8, 4) is 0 Å². The molecule has 0 fully saturated rings. The predicted octanol–water partition coefficient (Wildman–Crippen LogP) is 4.66. The zero-order valence-electron chi connectivity index (χ0n) is 12.0. The van der Waals surface area contributed by atoms with E-state index in [0.717, 1.165) is 0 Å². The number of benzene rings is 1. The predicted molar refractivity (Wildman–Crippen MR) is 88.0 cm³/mol. The Morgan fingerprint density at radius 2 is 1.29 bits per heavy atom. The summed E-state index contributed by atoms with van der Waals surface area (Å²) in [6, 6.07) is 10.9. The number of hydrogen-bond acceptors (Lipinski definition) is 0. The van der Waals surface area contributed by atoms with E-state index in [0.29, 0.717) is 0 Å². The zero-order chi connectivity index (χ0) is 14.3. The van der Waals surface area contributed by atoms with Crippen molar-refractivity contribution in [1.82, 2.24) is 0 Å². The SMILES string of the molecule is C[PH+](C)C.C[PH+](C)C.Cc1[c-]cccc1.[Cl][Ni]. The van der Waals surface area contributed by atoms with Crippen LogP contribution in [-0.4, -0.2) is 40.0 Å². The first-order valence-electron chi connectivity index (χ1n) is 5.45. The van der Waals surface area contributed by atoms with E-state index < -0.39 is 0 Å². The molecule has 17 heavy (non-hydrogen) atoms. The summed E-state index contributed by atoms with van der Waals surface area (Å²) in [5.74, 6) is 0. The second kappa shape index (κ2) is 19.2. The van der Waals surface area contributed by atoms with Gasteiger partial charge in [-0.15, -0.1) is 0 Å². The molecule has 0 aliphatic rings. The van der Waals surface area contributed by atoms with Crippen LogP contribution in [0.15, 0.2) is 24.3 Å². The molecule has 0 N–H and O–H groups in total. The van der Waals surface area contributed by atoms with Gasteiger partial charge in [0, 0.05) is 40.0 Å². The molecular weight excluding hydrogens is 312 g/mol. The van der Waals surface area contributed by atoms with Crippen LogP contribution in [0.25, 0.3) is 0 Å². The number of aryl methyl sites for hydroxylation is 1. The van der Waals surface area contributed by atoms with E-state index in [1.807, 2.05) is 31.2 Å². The van der Waals surface area contributed by atoms with Crippen molar-refractivity contribution in [2.75, 3.05) is 40.0 Å². The molecule has 0 saturated carbocycles. The second-order valence-electron chi connectivity index (χ2n) is 4.55. The molecule has 0 radical (unpaired) electrons. The molecule has 0 unspecified atom stereocenters. The van der Waals surface area contributed by atoms with Crippen LogP contribution in [-0.2, 0) is 14.6 Å². The summed E-state index contributed by atoms with van der Waals surface area (Å²) in [6.45, 7) is 15.6. The molecule has 0 amide bonds. The van der Waals surface area contributed by atoms with Crippen molar-refractivity contribution in [1.29, 1.82) is 0 Å². The first-order valence-corrected chi connectivity index (χ1v) is 12.8. The van der Waals surface area contributed by atoms with Gasteiger partial charge in [0.25, 0.3) is 0 Å². The van der Waals surface area contributed by atoms with Gasteiger partial charge in [-0.2, -0.15) is 35.9 Å². The molecule has 1 aromatic rings. The van der Waals surface area contributed by atoms with Gasteiger partial charge in [0.1, 0.15) is 0 Å². The van der Waals surface area contributed by atoms with Crippen molar-refractivity contribution in [3.05, 3.63) is 35.9 Å². The topological polar surface area (TPSA) is 0 Å². The maximum absolute atomic E-state index is 4.26. The zero-order valence-corrected chi connectivity index (χ0v) is 15.7. The molecule has 1 rings (SSSR count). The minimum absolute atomic E-state index is 0.120. The molecular formula is C13H27ClNiP2+. The average Bonchev–Trinajstić information content (AvgIpc) is 2.20. The standard InChI is InChI=1S/C7H7.2C3H9P.ClH.Ni/c1-7-5-3-2-4-6-7;2*1-4(2)3;;/h2-5H,1H3;2*1-3H3;1H;/q-1;;;;+1/p+1. The monoisotopic (exact) mass is 338 g/mol. The molecule has 4 heteroatoms. The Labute approximate surface area is 123 Å². The van der Waals surface area contributed by atoms with Crippen LogP contribution in [0.4, 0.5) is 0 Å². The molecule has 0 aliphatic carbocycles. The fourth-order valence-corrected chi connectivity index (χ4v) is 0.483. The number of halogens is 1. The van der Waals surface area contributed by atoms with Gasteiger partial charge in [-0.05, 0) is 15.8 Å². The van der Waals surface area contributed by atoms with Gasteiger partial charge in [0.2, 0.25) is 0 Å². The van der Waals surface area contributed by atoms with Crippen LogP contribution >= 0.6 is 26.0 Å². The van der Waals surface area contributed by atoms with Crippen molar-refractivity contribution in [2.45, 2.75) is 6.92 Å². The normalized spacial score (nSPS) is 8.24. The molecule has 0 aliphatic heterocycles. The molecule has 105 valence electrons. The Kier molecular flexibility index (Phi) is 26.0. The van der Waals surface area contributed by atoms with Crippen LogP contribution in [0.1, 0.15) is 5.56 Å². The fraction of sp³-hybridized carbons (Fsp3) is 0.538. The van der Waals surface area contributed by atoms with Gasteiger partial charge >= 0.3 is 24.8 Å². The Bertz CT molecular complexity index is 204. The third-order valence-corrected chi connectivity index (χ3v) is 0.865. The van der Waals surface area contributed by atoms with Crippen molar-refractivity contribution in [3.63, 3.8) is 0 Å². The average molecular weight is 339 g/mol. The van der Waals surface area contributed by atoms with E-state index in [1.54, 1.807) is 0 Å². The quantitative estimate of drug-likeness (QED) is 0.366. The first-order chi connectivity index (χ1) is 7.86. The first kappa shape index (κ1) is 23.0. The molecule has 0 aromatic heterocycles. The minimum atomic E-state index is 0.120. The Balaban J connectivity index is -0.000000172. The maximum atomic E-state index is 4.26. The fourth-order valence-electron chi connectivity index (χ4n) is 0.483. The summed E-state index contributed by atoms with van der Waals surface area (Å²) in [7, 11) is 4.50. The number of hydrogen-bond donors (Lipinski definition) is 0. The second-order valence-corrected chi connectivity index (χ2v) is 10.5. The number of rotatable bonds is 0. The van der Waals surface area contributed by atoms with Crippen molar-refractivity contribution in [2.24, 2.45) is 0 Å². The van der Waals surface area contributed by atoms with Gasteiger partial charge in [0.15, 0.2) is 0 Å². The third kappa shape index (κ3) is 47.4. The molecule has 0 atom stereocenters. The van der Waals surface area contributed by atoms with Crippen LogP contribution < -0.4 is 0 Å². The van der Waals surface area contributed by atoms with Gasteiger partial charge < -0.3 is 0 Å². The van der Waals surface area contributed by atoms with E-state index in [4.69, 9.17) is 0 Å². The Morgan fingerprint density at radius 3 is 1.41 bits per heavy atom. The summed E-state index contributed by atoms with van der Waals surface area (Å²) in [5.41, 5.74) is 1.20. The van der Waals surface area contributed by atoms with Gasteiger partial charge in [-0.25, -0.2) is 0 Å². The summed E-state index contributed by atoms with van der Waals surface area (Å²) in [4.78, 5) is 0. The molecule has 0 nitrogen and oxygen atoms in total. The molecule has 1 aromatic carbocycles. The molecule has 0 heterocycles. The van der Waals surface area contributed by atoms with E-state index in [1.165, 1.54) is 5.56 Å². The molecule has 0 bridgehead atoms. The van der Waals surface area contributed by atoms with Crippen LogP contribution in [0.5, 0.6) is 0 Å². The molecule has 0 saturated heterocycles. The van der Waals surface area contributed by atoms with E-state index in [2.05, 4.69) is 70.8 Å². The van der Waals surface area contributed by atoms with Crippen molar-refractivity contribution < 1.29 is 14.6 Å². The Morgan fingerprint density at radius 1 is 0.941 bits per heavy atom. The summed E-state index contributed by atoms with van der Waals surface area (Å²) >= 11 is 3.35. The summed E-state index contributed by atoms with van der Waals surface area (Å²) < 4.78 is 0. The van der Waals surface area contributed by atoms with Gasteiger partial charge in [-0.3, -0.25) is 0 Å². The van der Waals surface area contributed by atoms with E-state index >= 15 is 0 Å². The molecule has 0 spiro atoms. The van der Waals surface area contributed by atoms with Gasteiger partial charge in [-0.1, -0.05) is 6.92 Å². The van der Waals surface area contributed by atoms with E-state index in [-0.39, 0.29) is 15.8 Å². The summed E-state index contributed by atoms with van der Waals surface area (Å²) in [5, 5.41) is 0. The van der Waals surface area contributed by atoms with Crippen LogP contribution in [0.3, 0.4) is 0 Å². The van der Waals surface area contributed by atoms with Crippen LogP contribution in [0, 0.1) is 13.0 Å². The Hall–Kier alpha value is 0.864. The van der Waals surface area contributed by atoms with Crippen LogP contribution in [0.2, 0.25) is 0 Å². The third-order valence-electron chi connectivity index (χ3n) is 0.865. The summed E-state index contributed by atoms with van der Waals surface area (Å²) in [6.07, 6.45) is 0. The van der Waals surface area contributed by atoms with Gasteiger partial charge in [0.05, 0.1) is 0 Å². The van der Waals surface area contributed by atoms with Crippen molar-refractivity contribution >= 4 is 26.0 Å².